The minimum Gasteiger partial charge on any atom is -0.516 e. The molecule has 248 valence electrons. The third kappa shape index (κ3) is 11.8. The molecule has 1 saturated carbocycles. The van der Waals surface area contributed by atoms with Crippen molar-refractivity contribution in [1.82, 2.24) is 14.7 Å². The van der Waals surface area contributed by atoms with E-state index in [2.05, 4.69) is 98.6 Å². The number of nitrogens with zero attached hydrogens (tertiary/aromatic N) is 3. The first-order chi connectivity index (χ1) is 21.8. The fraction of sp³-hybridized carbons (Fsp3) is 0.550. The number of likely N-dealkylation sites (tertiary alicyclic amines) is 2. The van der Waals surface area contributed by atoms with Crippen molar-refractivity contribution in [3.8, 4) is 0 Å². The average molecular weight is 618 g/mol. The SMILES string of the molecule is C=CO.CCC(C)=C(/C=C(/C1CCN(C)CC1)N(C)CC)c1ccccc1.Fc1cccc(C2CCN(CCC3CCC3)C2)c1. The van der Waals surface area contributed by atoms with Gasteiger partial charge in [-0.15, -0.1) is 0 Å². The van der Waals surface area contributed by atoms with Crippen LogP contribution < -0.4 is 0 Å². The Labute approximate surface area is 274 Å². The normalized spacial score (nSPS) is 20.2. The fourth-order valence-electron chi connectivity index (χ4n) is 6.65. The van der Waals surface area contributed by atoms with Gasteiger partial charge in [0.1, 0.15) is 5.82 Å². The number of rotatable bonds is 10. The zero-order valence-corrected chi connectivity index (χ0v) is 28.9. The second-order valence-electron chi connectivity index (χ2n) is 13.2. The average Bonchev–Trinajstić information content (AvgIpc) is 3.51. The van der Waals surface area contributed by atoms with Gasteiger partial charge in [-0.3, -0.25) is 0 Å². The zero-order chi connectivity index (χ0) is 32.6. The van der Waals surface area contributed by atoms with Gasteiger partial charge in [-0.05, 0) is 126 Å². The minimum absolute atomic E-state index is 0.0968. The van der Waals surface area contributed by atoms with Crippen molar-refractivity contribution in [3.05, 3.63) is 102 Å². The maximum absolute atomic E-state index is 13.2. The summed E-state index contributed by atoms with van der Waals surface area (Å²) in [7, 11) is 4.48. The first-order valence-electron chi connectivity index (χ1n) is 17.4. The summed E-state index contributed by atoms with van der Waals surface area (Å²) in [6.45, 7) is 16.7. The van der Waals surface area contributed by atoms with Crippen LogP contribution in [0, 0.1) is 17.7 Å². The lowest BCUT2D eigenvalue weighted by Gasteiger charge is -2.35. The number of piperidine rings is 1. The minimum atomic E-state index is -0.0968. The first kappa shape index (κ1) is 36.6. The highest BCUT2D eigenvalue weighted by Crippen LogP contribution is 2.33. The standard InChI is InChI=1S/C22H34N2.C16H22FN.C2H4O/c1-6-18(3)21(19-11-9-8-10-12-19)17-22(24(5)7-2)20-13-15-23(4)16-14-20;17-16-6-2-5-14(11-16)15-8-10-18(12-15)9-7-13-3-1-4-13;1-2-3/h8-12,17,20H,6-7,13-16H2,1-5H3;2,5-6,11,13,15H,1,3-4,7-10,12H2;2-3H,1H2/b21-18?,22-17-;;. The van der Waals surface area contributed by atoms with E-state index in [-0.39, 0.29) is 5.82 Å². The number of hydrogen-bond acceptors (Lipinski definition) is 4. The lowest BCUT2D eigenvalue weighted by atomic mass is 9.83. The summed E-state index contributed by atoms with van der Waals surface area (Å²) in [4.78, 5) is 7.46. The molecule has 0 amide bonds. The predicted octanol–water partition coefficient (Wildman–Crippen LogP) is 9.54. The van der Waals surface area contributed by atoms with Crippen LogP contribution in [0.3, 0.4) is 0 Å². The fourth-order valence-corrected chi connectivity index (χ4v) is 6.65. The molecule has 5 heteroatoms. The number of aliphatic hydroxyl groups excluding tert-OH is 1. The monoisotopic (exact) mass is 617 g/mol. The van der Waals surface area contributed by atoms with Crippen LogP contribution in [0.25, 0.3) is 5.57 Å². The molecule has 4 nitrogen and oxygen atoms in total. The van der Waals surface area contributed by atoms with E-state index in [9.17, 15) is 4.39 Å². The Kier molecular flexibility index (Phi) is 15.9. The van der Waals surface area contributed by atoms with E-state index in [0.717, 1.165) is 31.7 Å². The van der Waals surface area contributed by atoms with Gasteiger partial charge < -0.3 is 19.8 Å². The molecule has 0 radical (unpaired) electrons. The van der Waals surface area contributed by atoms with E-state index in [4.69, 9.17) is 5.11 Å². The molecule has 1 N–H and O–H groups in total. The van der Waals surface area contributed by atoms with Crippen LogP contribution in [0.5, 0.6) is 0 Å². The third-order valence-corrected chi connectivity index (χ3v) is 10.1. The molecule has 2 heterocycles. The van der Waals surface area contributed by atoms with Crippen molar-refractivity contribution in [1.29, 1.82) is 0 Å². The quantitative estimate of drug-likeness (QED) is 0.212. The first-order valence-corrected chi connectivity index (χ1v) is 17.4. The molecular formula is C40H60FN3O. The molecule has 45 heavy (non-hydrogen) atoms. The van der Waals surface area contributed by atoms with Crippen molar-refractivity contribution >= 4 is 5.57 Å². The number of benzene rings is 2. The molecule has 1 aliphatic carbocycles. The van der Waals surface area contributed by atoms with Crippen LogP contribution in [-0.2, 0) is 0 Å². The Morgan fingerprint density at radius 1 is 1.00 bits per heavy atom. The van der Waals surface area contributed by atoms with E-state index in [0.29, 0.717) is 11.8 Å². The Balaban J connectivity index is 0.000000233. The smallest absolute Gasteiger partial charge is 0.123 e. The second kappa shape index (κ2) is 19.6. The molecule has 2 aromatic rings. The van der Waals surface area contributed by atoms with Crippen LogP contribution in [-0.4, -0.2) is 73.2 Å². The molecule has 0 aromatic heterocycles. The zero-order valence-electron chi connectivity index (χ0n) is 28.9. The number of halogens is 1. The number of allylic oxidation sites excluding steroid dienone is 4. The molecule has 0 bridgehead atoms. The molecule has 3 aliphatic rings. The number of aliphatic hydroxyl groups is 1. The van der Waals surface area contributed by atoms with Gasteiger partial charge in [0.05, 0.1) is 6.26 Å². The van der Waals surface area contributed by atoms with Gasteiger partial charge in [0.15, 0.2) is 0 Å². The van der Waals surface area contributed by atoms with E-state index in [1.54, 1.807) is 6.07 Å². The van der Waals surface area contributed by atoms with Crippen molar-refractivity contribution in [2.75, 3.05) is 53.4 Å². The van der Waals surface area contributed by atoms with Crippen LogP contribution >= 0.6 is 0 Å². The molecule has 1 atom stereocenters. The highest BCUT2D eigenvalue weighted by molar-refractivity contribution is 5.77. The maximum Gasteiger partial charge on any atom is 0.123 e. The van der Waals surface area contributed by atoms with E-state index < -0.39 is 0 Å². The summed E-state index contributed by atoms with van der Waals surface area (Å²) in [5, 5.41) is 7.33. The Morgan fingerprint density at radius 2 is 1.69 bits per heavy atom. The summed E-state index contributed by atoms with van der Waals surface area (Å²) >= 11 is 0. The van der Waals surface area contributed by atoms with Gasteiger partial charge in [-0.1, -0.05) is 80.8 Å². The molecule has 5 rings (SSSR count). The van der Waals surface area contributed by atoms with Gasteiger partial charge >= 0.3 is 0 Å². The summed E-state index contributed by atoms with van der Waals surface area (Å²) < 4.78 is 13.2. The maximum atomic E-state index is 13.2. The Bertz CT molecular complexity index is 1200. The molecule has 3 fully saturated rings. The van der Waals surface area contributed by atoms with Crippen LogP contribution in [0.1, 0.15) is 89.2 Å². The van der Waals surface area contributed by atoms with E-state index in [1.165, 1.54) is 105 Å². The van der Waals surface area contributed by atoms with Gasteiger partial charge in [0.25, 0.3) is 0 Å². The molecule has 2 aromatic carbocycles. The van der Waals surface area contributed by atoms with Crippen molar-refractivity contribution in [2.45, 2.75) is 78.1 Å². The van der Waals surface area contributed by atoms with Crippen molar-refractivity contribution in [2.24, 2.45) is 11.8 Å². The predicted molar refractivity (Wildman–Crippen MR) is 191 cm³/mol. The Hall–Kier alpha value is -2.89. The van der Waals surface area contributed by atoms with Crippen molar-refractivity contribution in [3.63, 3.8) is 0 Å². The summed E-state index contributed by atoms with van der Waals surface area (Å²) in [5.74, 6) is 2.12. The molecule has 1 unspecified atom stereocenters. The summed E-state index contributed by atoms with van der Waals surface area (Å²) in [6.07, 6.45) is 13.7. The van der Waals surface area contributed by atoms with E-state index >= 15 is 0 Å². The lowest BCUT2D eigenvalue weighted by molar-refractivity contribution is 0.214. The van der Waals surface area contributed by atoms with Crippen LogP contribution in [0.15, 0.2) is 84.8 Å². The van der Waals surface area contributed by atoms with Crippen molar-refractivity contribution < 1.29 is 9.50 Å². The molecule has 2 aliphatic heterocycles. The van der Waals surface area contributed by atoms with E-state index in [1.807, 2.05) is 6.07 Å². The lowest BCUT2D eigenvalue weighted by Crippen LogP contribution is -2.34. The molecule has 2 saturated heterocycles. The highest BCUT2D eigenvalue weighted by Gasteiger charge is 2.26. The third-order valence-electron chi connectivity index (χ3n) is 10.1. The Morgan fingerprint density at radius 3 is 2.27 bits per heavy atom. The van der Waals surface area contributed by atoms with Gasteiger partial charge in [0.2, 0.25) is 0 Å². The largest absolute Gasteiger partial charge is 0.516 e. The summed E-state index contributed by atoms with van der Waals surface area (Å²) in [5.41, 5.74) is 6.91. The molecular weight excluding hydrogens is 557 g/mol. The second-order valence-corrected chi connectivity index (χ2v) is 13.2. The van der Waals surface area contributed by atoms with Gasteiger partial charge in [0, 0.05) is 31.8 Å². The van der Waals surface area contributed by atoms with Gasteiger partial charge in [-0.25, -0.2) is 4.39 Å². The highest BCUT2D eigenvalue weighted by atomic mass is 19.1. The topological polar surface area (TPSA) is 30.0 Å². The number of hydrogen-bond donors (Lipinski definition) is 1. The summed E-state index contributed by atoms with van der Waals surface area (Å²) in [6, 6.07) is 18.0. The van der Waals surface area contributed by atoms with Crippen LogP contribution in [0.2, 0.25) is 0 Å². The van der Waals surface area contributed by atoms with Crippen LogP contribution in [0.4, 0.5) is 4.39 Å². The molecule has 0 spiro atoms. The van der Waals surface area contributed by atoms with Gasteiger partial charge in [-0.2, -0.15) is 0 Å².